The Kier molecular flexibility index (Phi) is 4.38. The summed E-state index contributed by atoms with van der Waals surface area (Å²) in [7, 11) is -4.79. The molecule has 0 bridgehead atoms. The van der Waals surface area contributed by atoms with Gasteiger partial charge in [-0.2, -0.15) is 13.2 Å². The van der Waals surface area contributed by atoms with Gasteiger partial charge in [-0.15, -0.1) is 4.52 Å². The lowest BCUT2D eigenvalue weighted by Gasteiger charge is -2.12. The number of aromatic nitrogens is 4. The molecule has 0 saturated heterocycles. The minimum Gasteiger partial charge on any atom is -0.263 e. The molecule has 2 aromatic heterocycles. The predicted molar refractivity (Wildman–Crippen MR) is 85.1 cm³/mol. The van der Waals surface area contributed by atoms with E-state index in [1.807, 2.05) is 0 Å². The van der Waals surface area contributed by atoms with Crippen LogP contribution >= 0.6 is 0 Å². The molecule has 0 spiro atoms. The van der Waals surface area contributed by atoms with Crippen molar-refractivity contribution in [1.82, 2.24) is 19.8 Å². The van der Waals surface area contributed by atoms with Gasteiger partial charge in [0.05, 0.1) is 10.5 Å². The van der Waals surface area contributed by atoms with E-state index >= 15 is 0 Å². The summed E-state index contributed by atoms with van der Waals surface area (Å²) in [6, 6.07) is 5.26. The first-order chi connectivity index (χ1) is 12.5. The second-order valence-corrected chi connectivity index (χ2v) is 7.33. The number of nitrogens with zero attached hydrogens (tertiary/aromatic N) is 3. The normalized spacial score (nSPS) is 12.3. The lowest BCUT2D eigenvalue weighted by molar-refractivity contribution is -0.587. The summed E-state index contributed by atoms with van der Waals surface area (Å²) >= 11 is 0. The second kappa shape index (κ2) is 6.30. The summed E-state index contributed by atoms with van der Waals surface area (Å²) in [5.41, 5.74) is -0.107. The van der Waals surface area contributed by atoms with E-state index in [1.54, 1.807) is 24.6 Å². The van der Waals surface area contributed by atoms with Crippen molar-refractivity contribution in [2.45, 2.75) is 24.9 Å². The van der Waals surface area contributed by atoms with E-state index in [9.17, 15) is 26.4 Å². The van der Waals surface area contributed by atoms with Crippen molar-refractivity contribution in [3.05, 3.63) is 53.1 Å². The highest BCUT2D eigenvalue weighted by Gasteiger charge is 2.38. The van der Waals surface area contributed by atoms with Crippen LogP contribution in [0.15, 0.2) is 35.2 Å². The molecular weight excluding hydrogens is 387 g/mol. The molecule has 3 rings (SSSR count). The lowest BCUT2D eigenvalue weighted by Crippen LogP contribution is -2.34. The summed E-state index contributed by atoms with van der Waals surface area (Å²) in [5.74, 6) is -1.51. The molecule has 2 heterocycles. The minimum atomic E-state index is -4.90. The number of sulfonamides is 1. The monoisotopic (exact) mass is 400 g/mol. The molecule has 0 unspecified atom stereocenters. The van der Waals surface area contributed by atoms with Gasteiger partial charge in [0.1, 0.15) is 11.4 Å². The smallest absolute Gasteiger partial charge is 0.263 e. The maximum atomic E-state index is 13.1. The fourth-order valence-electron chi connectivity index (χ4n) is 2.47. The summed E-state index contributed by atoms with van der Waals surface area (Å²) in [6.07, 6.45) is -4.90. The number of nitrogens with one attached hydrogen (secondary N) is 2. The number of hydrogen-bond donors (Lipinski definition) is 2. The van der Waals surface area contributed by atoms with Gasteiger partial charge in [0.15, 0.2) is 0 Å². The van der Waals surface area contributed by atoms with Gasteiger partial charge >= 0.3 is 23.7 Å². The fourth-order valence-corrected chi connectivity index (χ4v) is 3.65. The molecule has 1 amide bonds. The largest absolute Gasteiger partial charge is 0.457 e. The Bertz CT molecular complexity index is 1160. The molecule has 27 heavy (non-hydrogen) atoms. The maximum absolute atomic E-state index is 13.1. The number of rotatable bonds is 3. The molecule has 2 N–H and O–H groups in total. The number of aromatic amines is 1. The Labute approximate surface area is 151 Å². The Hall–Kier alpha value is -3.02. The summed E-state index contributed by atoms with van der Waals surface area (Å²) in [4.78, 5) is 19.2. The number of alkyl halides is 3. The van der Waals surface area contributed by atoms with Crippen LogP contribution in [0.5, 0.6) is 0 Å². The van der Waals surface area contributed by atoms with Crippen LogP contribution in [0.1, 0.15) is 27.6 Å². The molecule has 8 nitrogen and oxygen atoms in total. The van der Waals surface area contributed by atoms with Gasteiger partial charge < -0.3 is 0 Å². The fraction of sp³-hybridized carbons (Fsp3) is 0.200. The highest BCUT2D eigenvalue weighted by Crippen LogP contribution is 2.33. The molecule has 0 atom stereocenters. The molecule has 12 heteroatoms. The number of aryl methyl sites for hydroxylation is 2. The maximum Gasteiger partial charge on any atom is 0.457 e. The molecule has 0 aliphatic heterocycles. The van der Waals surface area contributed by atoms with Crippen LogP contribution in [0.2, 0.25) is 0 Å². The topological polar surface area (TPSA) is 109 Å². The molecule has 0 fully saturated rings. The van der Waals surface area contributed by atoms with Gasteiger partial charge in [-0.05, 0) is 31.0 Å². The van der Waals surface area contributed by atoms with E-state index in [4.69, 9.17) is 0 Å². The standard InChI is InChI=1S/C15H12F3N5O3S/c1-8-7-9(2)23-14(19-8)20-12(21-23)13(24)22-27(25,26)11-6-4-3-5-10(11)15(16,17)18/h3-7H,1-2H3,(H,22,24)/p+1. The zero-order valence-corrected chi connectivity index (χ0v) is 14.8. The Morgan fingerprint density at radius 1 is 1.19 bits per heavy atom. The third kappa shape index (κ3) is 3.60. The summed E-state index contributed by atoms with van der Waals surface area (Å²) in [6.45, 7) is 3.41. The second-order valence-electron chi connectivity index (χ2n) is 5.68. The number of fused-ring (bicyclic) bond motifs is 1. The first-order valence-electron chi connectivity index (χ1n) is 7.48. The molecule has 142 valence electrons. The average Bonchev–Trinajstić information content (AvgIpc) is 2.98. The zero-order chi connectivity index (χ0) is 20.0. The van der Waals surface area contributed by atoms with E-state index in [-0.39, 0.29) is 5.78 Å². The molecular formula is C15H13F3N5O3S+. The minimum absolute atomic E-state index is 0.116. The number of carbonyl (C=O) groups excluding carboxylic acids is 1. The van der Waals surface area contributed by atoms with Crippen LogP contribution < -0.4 is 9.24 Å². The predicted octanol–water partition coefficient (Wildman–Crippen LogP) is 1.30. The van der Waals surface area contributed by atoms with Crippen LogP contribution in [0.3, 0.4) is 0 Å². The zero-order valence-electron chi connectivity index (χ0n) is 14.0. The third-order valence-electron chi connectivity index (χ3n) is 3.60. The first-order valence-corrected chi connectivity index (χ1v) is 8.97. The summed E-state index contributed by atoms with van der Waals surface area (Å²) in [5, 5.41) is 2.55. The molecule has 0 saturated carbocycles. The Morgan fingerprint density at radius 3 is 2.52 bits per heavy atom. The number of hydrogen-bond acceptors (Lipinski definition) is 5. The molecule has 0 radical (unpaired) electrons. The average molecular weight is 400 g/mol. The van der Waals surface area contributed by atoms with Crippen LogP contribution in [0, 0.1) is 13.8 Å². The summed E-state index contributed by atoms with van der Waals surface area (Å²) < 4.78 is 66.7. The van der Waals surface area contributed by atoms with Crippen LogP contribution in [-0.4, -0.2) is 29.4 Å². The van der Waals surface area contributed by atoms with Gasteiger partial charge in [0.2, 0.25) is 0 Å². The Balaban J connectivity index is 1.98. The Morgan fingerprint density at radius 2 is 1.85 bits per heavy atom. The van der Waals surface area contributed by atoms with Crippen molar-refractivity contribution in [1.29, 1.82) is 0 Å². The SMILES string of the molecule is Cc1cc(C)[n+]2[nH]c(C(=O)NS(=O)(=O)c3ccccc3C(F)(F)F)nc2n1. The van der Waals surface area contributed by atoms with Crippen molar-refractivity contribution < 1.29 is 30.9 Å². The van der Waals surface area contributed by atoms with Gasteiger partial charge in [0, 0.05) is 6.07 Å². The highest BCUT2D eigenvalue weighted by molar-refractivity contribution is 7.90. The van der Waals surface area contributed by atoms with Gasteiger partial charge in [-0.1, -0.05) is 17.1 Å². The van der Waals surface area contributed by atoms with E-state index in [0.717, 1.165) is 18.2 Å². The number of benzene rings is 1. The van der Waals surface area contributed by atoms with Crippen molar-refractivity contribution in [3.63, 3.8) is 0 Å². The molecule has 0 aliphatic carbocycles. The van der Waals surface area contributed by atoms with Crippen LogP contribution in [0.4, 0.5) is 13.2 Å². The van der Waals surface area contributed by atoms with Crippen molar-refractivity contribution in [3.8, 4) is 0 Å². The van der Waals surface area contributed by atoms with E-state index in [0.29, 0.717) is 17.5 Å². The third-order valence-corrected chi connectivity index (χ3v) is 4.99. The number of H-pyrrole nitrogens is 1. The number of amides is 1. The van der Waals surface area contributed by atoms with Crippen LogP contribution in [0.25, 0.3) is 5.78 Å². The molecule has 3 aromatic rings. The molecule has 0 aliphatic rings. The number of carbonyl (C=O) groups is 1. The van der Waals surface area contributed by atoms with Gasteiger partial charge in [-0.3, -0.25) is 4.79 Å². The highest BCUT2D eigenvalue weighted by atomic mass is 32.2. The van der Waals surface area contributed by atoms with E-state index in [2.05, 4.69) is 15.1 Å². The van der Waals surface area contributed by atoms with Gasteiger partial charge in [0.25, 0.3) is 10.0 Å². The van der Waals surface area contributed by atoms with Gasteiger partial charge in [-0.25, -0.2) is 18.2 Å². The van der Waals surface area contributed by atoms with E-state index in [1.165, 1.54) is 4.52 Å². The van der Waals surface area contributed by atoms with Crippen molar-refractivity contribution in [2.75, 3.05) is 0 Å². The lowest BCUT2D eigenvalue weighted by atomic mass is 10.2. The van der Waals surface area contributed by atoms with Crippen molar-refractivity contribution in [2.24, 2.45) is 0 Å². The van der Waals surface area contributed by atoms with E-state index < -0.39 is 38.4 Å². The molecule has 1 aromatic carbocycles. The quantitative estimate of drug-likeness (QED) is 0.644. The number of halogens is 3. The van der Waals surface area contributed by atoms with Crippen molar-refractivity contribution >= 4 is 21.7 Å². The van der Waals surface area contributed by atoms with Crippen LogP contribution in [-0.2, 0) is 16.2 Å². The first kappa shape index (κ1) is 18.8.